The number of para-hydroxylation sites is 1. The zero-order valence-electron chi connectivity index (χ0n) is 9.17. The molecule has 88 valence electrons. The average Bonchev–Trinajstić information content (AvgIpc) is 2.26. The molecule has 0 radical (unpaired) electrons. The smallest absolute Gasteiger partial charge is 0.153 e. The number of aromatic nitrogens is 1. The normalized spacial score (nSPS) is 10.3. The van der Waals surface area contributed by atoms with E-state index < -0.39 is 0 Å². The Balaban J connectivity index is 2.38. The highest BCUT2D eigenvalue weighted by Gasteiger charge is 2.09. The summed E-state index contributed by atoms with van der Waals surface area (Å²) in [5.41, 5.74) is 7.58. The molecule has 0 aliphatic heterocycles. The van der Waals surface area contributed by atoms with E-state index in [-0.39, 0.29) is 5.82 Å². The lowest BCUT2D eigenvalue weighted by molar-refractivity contribution is 0.631. The van der Waals surface area contributed by atoms with E-state index in [1.165, 1.54) is 6.07 Å². The molecule has 1 aromatic carbocycles. The van der Waals surface area contributed by atoms with Crippen molar-refractivity contribution < 1.29 is 4.39 Å². The van der Waals surface area contributed by atoms with E-state index in [0.717, 1.165) is 5.56 Å². The quantitative estimate of drug-likeness (QED) is 0.890. The second-order valence-corrected chi connectivity index (χ2v) is 4.53. The molecule has 0 bridgehead atoms. The van der Waals surface area contributed by atoms with Crippen LogP contribution in [0, 0.1) is 12.7 Å². The lowest BCUT2D eigenvalue weighted by Crippen LogP contribution is -2.01. The summed E-state index contributed by atoms with van der Waals surface area (Å²) in [5, 5.41) is 2.88. The number of hydrogen-bond donors (Lipinski definition) is 2. The number of halogens is 2. The van der Waals surface area contributed by atoms with Crippen molar-refractivity contribution in [2.45, 2.75) is 6.92 Å². The van der Waals surface area contributed by atoms with Crippen LogP contribution < -0.4 is 11.1 Å². The molecule has 1 aromatic heterocycles. The fourth-order valence-electron chi connectivity index (χ4n) is 1.43. The second kappa shape index (κ2) is 4.71. The van der Waals surface area contributed by atoms with Gasteiger partial charge in [0.05, 0.1) is 11.4 Å². The SMILES string of the molecule is Cc1cnc(Nc2c(F)cccc2Br)c(N)c1. The highest BCUT2D eigenvalue weighted by molar-refractivity contribution is 9.10. The Morgan fingerprint density at radius 2 is 2.18 bits per heavy atom. The minimum atomic E-state index is -0.360. The van der Waals surface area contributed by atoms with Crippen molar-refractivity contribution in [2.75, 3.05) is 11.1 Å². The molecule has 2 rings (SSSR count). The van der Waals surface area contributed by atoms with Crippen molar-refractivity contribution in [2.24, 2.45) is 0 Å². The molecule has 0 saturated carbocycles. The van der Waals surface area contributed by atoms with Gasteiger partial charge in [0.25, 0.3) is 0 Å². The molecule has 0 unspecified atom stereocenters. The third-order valence-electron chi connectivity index (χ3n) is 2.26. The summed E-state index contributed by atoms with van der Waals surface area (Å²) < 4.78 is 14.2. The maximum atomic E-state index is 13.6. The van der Waals surface area contributed by atoms with E-state index in [1.54, 1.807) is 24.4 Å². The standard InChI is InChI=1S/C12H11BrFN3/c1-7-5-10(15)12(16-6-7)17-11-8(13)3-2-4-9(11)14/h2-6H,15H2,1H3,(H,16,17). The number of anilines is 3. The summed E-state index contributed by atoms with van der Waals surface area (Å²) in [6, 6.07) is 6.52. The molecule has 0 amide bonds. The maximum Gasteiger partial charge on any atom is 0.153 e. The molecule has 3 nitrogen and oxygen atoms in total. The highest BCUT2D eigenvalue weighted by Crippen LogP contribution is 2.29. The van der Waals surface area contributed by atoms with Gasteiger partial charge in [0.2, 0.25) is 0 Å². The van der Waals surface area contributed by atoms with Gasteiger partial charge < -0.3 is 11.1 Å². The molecule has 0 aliphatic rings. The average molecular weight is 296 g/mol. The van der Waals surface area contributed by atoms with E-state index in [0.29, 0.717) is 21.7 Å². The first kappa shape index (κ1) is 11.9. The zero-order chi connectivity index (χ0) is 12.4. The number of benzene rings is 1. The van der Waals surface area contributed by atoms with Gasteiger partial charge in [0.15, 0.2) is 5.82 Å². The molecule has 17 heavy (non-hydrogen) atoms. The van der Waals surface area contributed by atoms with Crippen LogP contribution in [-0.2, 0) is 0 Å². The summed E-state index contributed by atoms with van der Waals surface area (Å²) >= 11 is 3.27. The van der Waals surface area contributed by atoms with Gasteiger partial charge in [-0.2, -0.15) is 0 Å². The molecule has 2 aromatic rings. The lowest BCUT2D eigenvalue weighted by atomic mass is 10.2. The van der Waals surface area contributed by atoms with Gasteiger partial charge in [-0.15, -0.1) is 0 Å². The van der Waals surface area contributed by atoms with Crippen LogP contribution in [0.15, 0.2) is 34.9 Å². The first-order chi connectivity index (χ1) is 8.08. The first-order valence-corrected chi connectivity index (χ1v) is 5.80. The molecule has 0 aliphatic carbocycles. The molecular weight excluding hydrogens is 285 g/mol. The molecule has 0 saturated heterocycles. The largest absolute Gasteiger partial charge is 0.396 e. The first-order valence-electron chi connectivity index (χ1n) is 5.01. The molecule has 5 heteroatoms. The number of nitrogens with zero attached hydrogens (tertiary/aromatic N) is 1. The van der Waals surface area contributed by atoms with Crippen molar-refractivity contribution in [1.82, 2.24) is 4.98 Å². The van der Waals surface area contributed by atoms with Crippen molar-refractivity contribution in [3.05, 3.63) is 46.3 Å². The number of nitrogens with two attached hydrogens (primary N) is 1. The molecule has 3 N–H and O–H groups in total. The number of aryl methyl sites for hydroxylation is 1. The van der Waals surface area contributed by atoms with Crippen LogP contribution >= 0.6 is 15.9 Å². The van der Waals surface area contributed by atoms with Gasteiger partial charge in [-0.3, -0.25) is 0 Å². The van der Waals surface area contributed by atoms with E-state index in [2.05, 4.69) is 26.2 Å². The lowest BCUT2D eigenvalue weighted by Gasteiger charge is -2.11. The van der Waals surface area contributed by atoms with Crippen molar-refractivity contribution in [3.8, 4) is 0 Å². The fraction of sp³-hybridized carbons (Fsp3) is 0.0833. The van der Waals surface area contributed by atoms with Crippen molar-refractivity contribution in [3.63, 3.8) is 0 Å². The molecule has 0 spiro atoms. The van der Waals surface area contributed by atoms with Gasteiger partial charge in [0, 0.05) is 10.7 Å². The minimum Gasteiger partial charge on any atom is -0.396 e. The van der Waals surface area contributed by atoms with E-state index in [1.807, 2.05) is 6.92 Å². The number of rotatable bonds is 2. The van der Waals surface area contributed by atoms with Crippen LogP contribution in [0.4, 0.5) is 21.6 Å². The van der Waals surface area contributed by atoms with Gasteiger partial charge in [0.1, 0.15) is 5.82 Å². The Bertz CT molecular complexity index is 537. The third kappa shape index (κ3) is 2.55. The van der Waals surface area contributed by atoms with E-state index in [9.17, 15) is 4.39 Å². The van der Waals surface area contributed by atoms with Crippen LogP contribution in [0.5, 0.6) is 0 Å². The van der Waals surface area contributed by atoms with Crippen LogP contribution in [-0.4, -0.2) is 4.98 Å². The van der Waals surface area contributed by atoms with Crippen molar-refractivity contribution >= 4 is 33.1 Å². The topological polar surface area (TPSA) is 50.9 Å². The van der Waals surface area contributed by atoms with Gasteiger partial charge in [-0.1, -0.05) is 6.07 Å². The number of nitrogens with one attached hydrogen (secondary N) is 1. The fourth-order valence-corrected chi connectivity index (χ4v) is 1.87. The van der Waals surface area contributed by atoms with Gasteiger partial charge >= 0.3 is 0 Å². The summed E-state index contributed by atoms with van der Waals surface area (Å²) in [4.78, 5) is 4.13. The molecule has 0 atom stereocenters. The molecule has 1 heterocycles. The Kier molecular flexibility index (Phi) is 3.28. The predicted octanol–water partition coefficient (Wildman–Crippen LogP) is 3.62. The van der Waals surface area contributed by atoms with Crippen molar-refractivity contribution in [1.29, 1.82) is 0 Å². The van der Waals surface area contributed by atoms with E-state index >= 15 is 0 Å². The number of nitrogen functional groups attached to an aromatic ring is 1. The Morgan fingerprint density at radius 1 is 1.41 bits per heavy atom. The Morgan fingerprint density at radius 3 is 2.82 bits per heavy atom. The van der Waals surface area contributed by atoms with Gasteiger partial charge in [-0.05, 0) is 46.6 Å². The summed E-state index contributed by atoms with van der Waals surface area (Å²) in [5.74, 6) is 0.0857. The number of hydrogen-bond acceptors (Lipinski definition) is 3. The van der Waals surface area contributed by atoms with Gasteiger partial charge in [-0.25, -0.2) is 9.37 Å². The Labute approximate surface area is 107 Å². The Hall–Kier alpha value is -1.62. The summed E-state index contributed by atoms with van der Waals surface area (Å²) in [7, 11) is 0. The van der Waals surface area contributed by atoms with Crippen LogP contribution in [0.2, 0.25) is 0 Å². The van der Waals surface area contributed by atoms with Crippen LogP contribution in [0.25, 0.3) is 0 Å². The van der Waals surface area contributed by atoms with E-state index in [4.69, 9.17) is 5.73 Å². The zero-order valence-corrected chi connectivity index (χ0v) is 10.8. The summed E-state index contributed by atoms with van der Waals surface area (Å²) in [6.07, 6.45) is 1.67. The molecule has 0 fully saturated rings. The molecular formula is C12H11BrFN3. The van der Waals surface area contributed by atoms with Crippen LogP contribution in [0.1, 0.15) is 5.56 Å². The third-order valence-corrected chi connectivity index (χ3v) is 2.92. The predicted molar refractivity (Wildman–Crippen MR) is 70.8 cm³/mol. The monoisotopic (exact) mass is 295 g/mol. The highest BCUT2D eigenvalue weighted by atomic mass is 79.9. The maximum absolute atomic E-state index is 13.6. The minimum absolute atomic E-state index is 0.329. The number of pyridine rings is 1. The van der Waals surface area contributed by atoms with Crippen LogP contribution in [0.3, 0.4) is 0 Å². The summed E-state index contributed by atoms with van der Waals surface area (Å²) in [6.45, 7) is 1.89. The second-order valence-electron chi connectivity index (χ2n) is 3.67.